The van der Waals surface area contributed by atoms with Crippen LogP contribution in [0.15, 0.2) is 29.5 Å². The maximum absolute atomic E-state index is 13.1. The van der Waals surface area contributed by atoms with Crippen molar-refractivity contribution < 1.29 is 23.8 Å². The lowest BCUT2D eigenvalue weighted by Crippen LogP contribution is -2.52. The molecule has 1 aromatic carbocycles. The summed E-state index contributed by atoms with van der Waals surface area (Å²) >= 11 is 0. The topological polar surface area (TPSA) is 83.6 Å². The second-order valence-corrected chi connectivity index (χ2v) is 7.88. The molecule has 1 atom stereocenters. The number of urea groups is 1. The number of hydrogen-bond acceptors (Lipinski definition) is 7. The number of amides is 2. The van der Waals surface area contributed by atoms with Gasteiger partial charge in [0.1, 0.15) is 11.5 Å². The molecule has 2 aliphatic heterocycles. The first-order chi connectivity index (χ1) is 15.4. The van der Waals surface area contributed by atoms with Gasteiger partial charge < -0.3 is 24.4 Å². The van der Waals surface area contributed by atoms with Gasteiger partial charge in [0, 0.05) is 51.5 Å². The third-order valence-electron chi connectivity index (χ3n) is 6.06. The maximum Gasteiger partial charge on any atom is 0.338 e. The number of ether oxygens (including phenoxy) is 3. The smallest absolute Gasteiger partial charge is 0.338 e. The van der Waals surface area contributed by atoms with Crippen molar-refractivity contribution >= 4 is 12.0 Å². The van der Waals surface area contributed by atoms with Crippen molar-refractivity contribution in [3.05, 3.63) is 35.0 Å². The Morgan fingerprint density at radius 1 is 1.03 bits per heavy atom. The summed E-state index contributed by atoms with van der Waals surface area (Å²) in [5, 5.41) is 2.95. The van der Waals surface area contributed by atoms with E-state index >= 15 is 0 Å². The van der Waals surface area contributed by atoms with Gasteiger partial charge in [-0.2, -0.15) is 0 Å². The number of hydrogen-bond donors (Lipinski definition) is 1. The van der Waals surface area contributed by atoms with E-state index in [2.05, 4.69) is 22.0 Å². The van der Waals surface area contributed by atoms with E-state index in [1.165, 1.54) is 4.90 Å². The number of benzene rings is 1. The van der Waals surface area contributed by atoms with E-state index in [0.717, 1.165) is 32.7 Å². The minimum atomic E-state index is -0.673. The first-order valence-corrected chi connectivity index (χ1v) is 11.0. The Balaban J connectivity index is 2.04. The highest BCUT2D eigenvalue weighted by atomic mass is 16.5. The molecule has 2 amide bonds. The van der Waals surface area contributed by atoms with Crippen LogP contribution in [0.4, 0.5) is 4.79 Å². The number of esters is 1. The van der Waals surface area contributed by atoms with Crippen LogP contribution in [0.3, 0.4) is 0 Å². The van der Waals surface area contributed by atoms with Gasteiger partial charge in [-0.3, -0.25) is 9.80 Å². The molecule has 1 N–H and O–H groups in total. The van der Waals surface area contributed by atoms with E-state index in [1.807, 2.05) is 0 Å². The van der Waals surface area contributed by atoms with Gasteiger partial charge in [0.05, 0.1) is 32.4 Å². The number of piperazine rings is 1. The van der Waals surface area contributed by atoms with Crippen LogP contribution in [0.2, 0.25) is 0 Å². The van der Waals surface area contributed by atoms with Crippen LogP contribution in [-0.4, -0.2) is 93.8 Å². The second kappa shape index (κ2) is 10.7. The molecule has 3 rings (SSSR count). The molecule has 2 aliphatic rings. The summed E-state index contributed by atoms with van der Waals surface area (Å²) in [6.45, 7) is 9.37. The summed E-state index contributed by atoms with van der Waals surface area (Å²) in [6.07, 6.45) is 0. The van der Waals surface area contributed by atoms with E-state index in [-0.39, 0.29) is 12.6 Å². The number of rotatable bonds is 8. The number of carbonyl (C=O) groups is 2. The summed E-state index contributed by atoms with van der Waals surface area (Å²) in [5.74, 6) is 0.717. The summed E-state index contributed by atoms with van der Waals surface area (Å²) in [6, 6.07) is 4.41. The van der Waals surface area contributed by atoms with E-state index in [4.69, 9.17) is 14.2 Å². The monoisotopic (exact) mass is 446 g/mol. The molecule has 0 spiro atoms. The van der Waals surface area contributed by atoms with E-state index in [1.54, 1.807) is 46.4 Å². The van der Waals surface area contributed by atoms with Crippen LogP contribution in [0, 0.1) is 0 Å². The lowest BCUT2D eigenvalue weighted by Gasteiger charge is -2.39. The molecule has 32 heavy (non-hydrogen) atoms. The Morgan fingerprint density at radius 3 is 2.16 bits per heavy atom. The number of methoxy groups -OCH3 is 2. The molecule has 0 bridgehead atoms. The molecule has 0 radical (unpaired) electrons. The van der Waals surface area contributed by atoms with Gasteiger partial charge in [-0.05, 0) is 31.2 Å². The molecular formula is C23H34N4O5. The second-order valence-electron chi connectivity index (χ2n) is 7.88. The van der Waals surface area contributed by atoms with Crippen LogP contribution < -0.4 is 14.8 Å². The summed E-state index contributed by atoms with van der Waals surface area (Å²) in [7, 11) is 4.82. The van der Waals surface area contributed by atoms with Crippen LogP contribution in [0.25, 0.3) is 0 Å². The quantitative estimate of drug-likeness (QED) is 0.610. The van der Waals surface area contributed by atoms with Gasteiger partial charge in [-0.15, -0.1) is 0 Å². The number of nitrogens with one attached hydrogen (secondary N) is 1. The Hall–Kier alpha value is -2.78. The fourth-order valence-electron chi connectivity index (χ4n) is 4.12. The SMILES string of the molecule is CCOC(=O)C1=C(CN2CCN(CC)CC2)N(C)C(=O)NC1c1cc(OC)cc(OC)c1. The third-order valence-corrected chi connectivity index (χ3v) is 6.06. The van der Waals surface area contributed by atoms with E-state index in [9.17, 15) is 9.59 Å². The van der Waals surface area contributed by atoms with Crippen molar-refractivity contribution in [1.82, 2.24) is 20.0 Å². The van der Waals surface area contributed by atoms with Gasteiger partial charge in [0.25, 0.3) is 0 Å². The zero-order chi connectivity index (χ0) is 23.3. The average Bonchev–Trinajstić information content (AvgIpc) is 2.81. The van der Waals surface area contributed by atoms with Crippen LogP contribution in [0.5, 0.6) is 11.5 Å². The van der Waals surface area contributed by atoms with Crippen LogP contribution >= 0.6 is 0 Å². The largest absolute Gasteiger partial charge is 0.497 e. The molecule has 1 aromatic rings. The van der Waals surface area contributed by atoms with Gasteiger partial charge in [-0.1, -0.05) is 6.92 Å². The van der Waals surface area contributed by atoms with Crippen molar-refractivity contribution in [2.75, 3.05) is 67.1 Å². The predicted molar refractivity (Wildman–Crippen MR) is 121 cm³/mol. The molecule has 1 fully saturated rings. The summed E-state index contributed by atoms with van der Waals surface area (Å²) in [5.41, 5.74) is 1.78. The number of nitrogens with zero attached hydrogens (tertiary/aromatic N) is 3. The van der Waals surface area contributed by atoms with Crippen molar-refractivity contribution in [3.63, 3.8) is 0 Å². The molecule has 0 aliphatic carbocycles. The first kappa shape index (κ1) is 23.9. The maximum atomic E-state index is 13.1. The fourth-order valence-corrected chi connectivity index (χ4v) is 4.12. The van der Waals surface area contributed by atoms with Crippen molar-refractivity contribution in [1.29, 1.82) is 0 Å². The van der Waals surface area contributed by atoms with Gasteiger partial charge in [0.2, 0.25) is 0 Å². The zero-order valence-electron chi connectivity index (χ0n) is 19.6. The molecule has 1 unspecified atom stereocenters. The Morgan fingerprint density at radius 2 is 1.62 bits per heavy atom. The summed E-state index contributed by atoms with van der Waals surface area (Å²) in [4.78, 5) is 32.2. The highest BCUT2D eigenvalue weighted by molar-refractivity contribution is 5.95. The van der Waals surface area contributed by atoms with Crippen LogP contribution in [0.1, 0.15) is 25.5 Å². The molecule has 176 valence electrons. The molecule has 9 nitrogen and oxygen atoms in total. The molecular weight excluding hydrogens is 412 g/mol. The number of likely N-dealkylation sites (N-methyl/N-ethyl adjacent to an activating group) is 2. The normalized spacial score (nSPS) is 20.2. The highest BCUT2D eigenvalue weighted by Crippen LogP contribution is 2.35. The van der Waals surface area contributed by atoms with Crippen LogP contribution in [-0.2, 0) is 9.53 Å². The standard InChI is InChI=1S/C23H34N4O5/c1-6-26-8-10-27(11-9-26)15-19-20(22(28)32-7-2)21(24-23(29)25(19)3)16-12-17(30-4)14-18(13-16)31-5/h12-14,21H,6-11,15H2,1-5H3,(H,24,29). The Kier molecular flexibility index (Phi) is 7.98. The predicted octanol–water partition coefficient (Wildman–Crippen LogP) is 1.85. The minimum absolute atomic E-state index is 0.247. The molecule has 2 heterocycles. The van der Waals surface area contributed by atoms with E-state index < -0.39 is 12.0 Å². The molecule has 9 heteroatoms. The minimum Gasteiger partial charge on any atom is -0.497 e. The zero-order valence-corrected chi connectivity index (χ0v) is 19.6. The van der Waals surface area contributed by atoms with Gasteiger partial charge in [0.15, 0.2) is 0 Å². The third kappa shape index (κ3) is 5.16. The molecule has 0 saturated carbocycles. The summed E-state index contributed by atoms with van der Waals surface area (Å²) < 4.78 is 16.2. The fraction of sp³-hybridized carbons (Fsp3) is 0.565. The molecule has 1 saturated heterocycles. The van der Waals surface area contributed by atoms with Crippen molar-refractivity contribution in [2.45, 2.75) is 19.9 Å². The van der Waals surface area contributed by atoms with Gasteiger partial charge >= 0.3 is 12.0 Å². The van der Waals surface area contributed by atoms with Gasteiger partial charge in [-0.25, -0.2) is 9.59 Å². The van der Waals surface area contributed by atoms with E-state index in [0.29, 0.717) is 34.9 Å². The number of carbonyl (C=O) groups excluding carboxylic acids is 2. The average molecular weight is 447 g/mol. The molecule has 0 aromatic heterocycles. The van der Waals surface area contributed by atoms with Crippen molar-refractivity contribution in [3.8, 4) is 11.5 Å². The van der Waals surface area contributed by atoms with Crippen molar-refractivity contribution in [2.24, 2.45) is 0 Å². The lowest BCUT2D eigenvalue weighted by molar-refractivity contribution is -0.139. The highest BCUT2D eigenvalue weighted by Gasteiger charge is 2.38. The first-order valence-electron chi connectivity index (χ1n) is 11.0. The lowest BCUT2D eigenvalue weighted by atomic mass is 9.93. The Labute approximate surface area is 189 Å². The Bertz CT molecular complexity index is 842.